The molecule has 5 heteroatoms. The lowest BCUT2D eigenvalue weighted by atomic mass is 9.98. The summed E-state index contributed by atoms with van der Waals surface area (Å²) in [6.07, 6.45) is 2.84. The van der Waals surface area contributed by atoms with E-state index in [4.69, 9.17) is 4.74 Å². The molecule has 0 saturated heterocycles. The Morgan fingerprint density at radius 3 is 2.75 bits per heavy atom. The summed E-state index contributed by atoms with van der Waals surface area (Å²) in [5.74, 6) is 1.10. The molecule has 0 aliphatic heterocycles. The van der Waals surface area contributed by atoms with Crippen LogP contribution < -0.4 is 10.1 Å². The van der Waals surface area contributed by atoms with Crippen LogP contribution in [0.15, 0.2) is 30.6 Å². The number of amides is 1. The second kappa shape index (κ2) is 8.52. The molecule has 0 bridgehead atoms. The number of aromatic nitrogens is 2. The van der Waals surface area contributed by atoms with E-state index in [1.54, 1.807) is 6.33 Å². The van der Waals surface area contributed by atoms with Gasteiger partial charge >= 0.3 is 0 Å². The van der Waals surface area contributed by atoms with E-state index in [9.17, 15) is 4.79 Å². The number of aryl methyl sites for hydroxylation is 1. The van der Waals surface area contributed by atoms with E-state index in [2.05, 4.69) is 30.2 Å². The van der Waals surface area contributed by atoms with E-state index in [1.165, 1.54) is 0 Å². The second-order valence-electron chi connectivity index (χ2n) is 6.09. The summed E-state index contributed by atoms with van der Waals surface area (Å²) in [7, 11) is 0. The molecular weight excluding hydrogens is 302 g/mol. The Labute approximate surface area is 144 Å². The number of imidazole rings is 1. The highest BCUT2D eigenvalue weighted by molar-refractivity contribution is 5.77. The molecule has 1 aromatic heterocycles. The molecule has 24 heavy (non-hydrogen) atoms. The number of hydrogen-bond acceptors (Lipinski definition) is 3. The van der Waals surface area contributed by atoms with E-state index in [-0.39, 0.29) is 12.5 Å². The van der Waals surface area contributed by atoms with E-state index in [0.717, 1.165) is 29.1 Å². The van der Waals surface area contributed by atoms with Gasteiger partial charge in [0.15, 0.2) is 6.61 Å². The first-order chi connectivity index (χ1) is 11.5. The van der Waals surface area contributed by atoms with Gasteiger partial charge in [0.1, 0.15) is 5.75 Å². The van der Waals surface area contributed by atoms with Crippen molar-refractivity contribution in [2.24, 2.45) is 0 Å². The lowest BCUT2D eigenvalue weighted by Crippen LogP contribution is -2.31. The summed E-state index contributed by atoms with van der Waals surface area (Å²) >= 11 is 0. The molecule has 0 aliphatic carbocycles. The highest BCUT2D eigenvalue weighted by Crippen LogP contribution is 2.28. The van der Waals surface area contributed by atoms with Crippen molar-refractivity contribution in [2.75, 3.05) is 13.2 Å². The fourth-order valence-corrected chi connectivity index (χ4v) is 2.52. The minimum atomic E-state index is -0.108. The number of ether oxygens (including phenoxy) is 1. The molecule has 0 aliphatic rings. The van der Waals surface area contributed by atoms with Crippen LogP contribution in [-0.4, -0.2) is 28.6 Å². The Morgan fingerprint density at radius 1 is 1.33 bits per heavy atom. The Bertz CT molecular complexity index is 679. The third kappa shape index (κ3) is 4.60. The first-order valence-electron chi connectivity index (χ1n) is 8.49. The third-order valence-corrected chi connectivity index (χ3v) is 4.44. The third-order valence-electron chi connectivity index (χ3n) is 4.44. The van der Waals surface area contributed by atoms with Crippen molar-refractivity contribution in [3.8, 4) is 5.75 Å². The van der Waals surface area contributed by atoms with Crippen LogP contribution in [0.3, 0.4) is 0 Å². The molecule has 1 unspecified atom stereocenters. The fraction of sp³-hybridized carbons (Fsp3) is 0.474. The number of nitrogens with one attached hydrogen (secondary N) is 1. The minimum absolute atomic E-state index is 0.0371. The number of nitrogens with zero attached hydrogens (tertiary/aromatic N) is 2. The van der Waals surface area contributed by atoms with Gasteiger partial charge in [0, 0.05) is 18.8 Å². The predicted molar refractivity (Wildman–Crippen MR) is 95.4 cm³/mol. The standard InChI is InChI=1S/C19H27N3O2/c1-5-14(2)17-8-6-7-9-18(17)24-12-19(23)20-10-11-22-13-21-15(3)16(22)4/h6-9,13-14H,5,10-12H2,1-4H3,(H,20,23). The van der Waals surface area contributed by atoms with Crippen molar-refractivity contribution < 1.29 is 9.53 Å². The molecule has 5 nitrogen and oxygen atoms in total. The van der Waals surface area contributed by atoms with Gasteiger partial charge < -0.3 is 14.6 Å². The van der Waals surface area contributed by atoms with Crippen LogP contribution in [0, 0.1) is 13.8 Å². The monoisotopic (exact) mass is 329 g/mol. The average molecular weight is 329 g/mol. The summed E-state index contributed by atoms with van der Waals surface area (Å²) < 4.78 is 7.76. The lowest BCUT2D eigenvalue weighted by Gasteiger charge is -2.15. The molecule has 0 fully saturated rings. The molecule has 1 aromatic carbocycles. The quantitative estimate of drug-likeness (QED) is 0.809. The van der Waals surface area contributed by atoms with Crippen LogP contribution in [0.1, 0.15) is 43.1 Å². The van der Waals surface area contributed by atoms with E-state index in [1.807, 2.05) is 36.6 Å². The molecule has 130 valence electrons. The lowest BCUT2D eigenvalue weighted by molar-refractivity contribution is -0.123. The van der Waals surface area contributed by atoms with Crippen molar-refractivity contribution >= 4 is 5.91 Å². The summed E-state index contributed by atoms with van der Waals surface area (Å²) in [6, 6.07) is 7.92. The average Bonchev–Trinajstić information content (AvgIpc) is 2.91. The van der Waals surface area contributed by atoms with Gasteiger partial charge in [-0.1, -0.05) is 32.0 Å². The first-order valence-corrected chi connectivity index (χ1v) is 8.49. The van der Waals surface area contributed by atoms with E-state index >= 15 is 0 Å². The summed E-state index contributed by atoms with van der Waals surface area (Å²) in [5, 5.41) is 2.89. The molecule has 1 heterocycles. The number of carbonyl (C=O) groups excluding carboxylic acids is 1. The molecular formula is C19H27N3O2. The topological polar surface area (TPSA) is 56.1 Å². The summed E-state index contributed by atoms with van der Waals surface area (Å²) in [4.78, 5) is 16.2. The van der Waals surface area contributed by atoms with Gasteiger partial charge in [-0.25, -0.2) is 4.98 Å². The molecule has 1 N–H and O–H groups in total. The zero-order valence-electron chi connectivity index (χ0n) is 15.0. The van der Waals surface area contributed by atoms with Gasteiger partial charge in [-0.05, 0) is 37.8 Å². The maximum atomic E-state index is 12.0. The van der Waals surface area contributed by atoms with Gasteiger partial charge in [-0.2, -0.15) is 0 Å². The second-order valence-corrected chi connectivity index (χ2v) is 6.09. The fourth-order valence-electron chi connectivity index (χ4n) is 2.52. The maximum Gasteiger partial charge on any atom is 0.258 e. The highest BCUT2D eigenvalue weighted by atomic mass is 16.5. The Hall–Kier alpha value is -2.30. The van der Waals surface area contributed by atoms with Crippen LogP contribution in [0.4, 0.5) is 0 Å². The largest absolute Gasteiger partial charge is 0.483 e. The summed E-state index contributed by atoms with van der Waals surface area (Å²) in [6.45, 7) is 9.63. The Kier molecular flexibility index (Phi) is 6.41. The van der Waals surface area contributed by atoms with Gasteiger partial charge in [-0.15, -0.1) is 0 Å². The van der Waals surface area contributed by atoms with Crippen LogP contribution in [0.5, 0.6) is 5.75 Å². The van der Waals surface area contributed by atoms with E-state index < -0.39 is 0 Å². The molecule has 0 spiro atoms. The van der Waals surface area contributed by atoms with Crippen LogP contribution >= 0.6 is 0 Å². The van der Waals surface area contributed by atoms with Gasteiger partial charge in [0.05, 0.1) is 12.0 Å². The number of hydrogen-bond donors (Lipinski definition) is 1. The zero-order valence-corrected chi connectivity index (χ0v) is 15.0. The van der Waals surface area contributed by atoms with Gasteiger partial charge in [-0.3, -0.25) is 4.79 Å². The molecule has 1 atom stereocenters. The smallest absolute Gasteiger partial charge is 0.258 e. The van der Waals surface area contributed by atoms with Crippen LogP contribution in [0.25, 0.3) is 0 Å². The Morgan fingerprint density at radius 2 is 2.08 bits per heavy atom. The zero-order chi connectivity index (χ0) is 17.5. The first kappa shape index (κ1) is 18.0. The van der Waals surface area contributed by atoms with Crippen LogP contribution in [0.2, 0.25) is 0 Å². The van der Waals surface area contributed by atoms with Gasteiger partial charge in [0.25, 0.3) is 5.91 Å². The number of rotatable bonds is 8. The van der Waals surface area contributed by atoms with Crippen molar-refractivity contribution in [3.05, 3.63) is 47.5 Å². The number of benzene rings is 1. The maximum absolute atomic E-state index is 12.0. The normalized spacial score (nSPS) is 12.0. The van der Waals surface area contributed by atoms with Crippen molar-refractivity contribution in [1.82, 2.24) is 14.9 Å². The number of carbonyl (C=O) groups is 1. The molecule has 2 aromatic rings. The highest BCUT2D eigenvalue weighted by Gasteiger charge is 2.11. The minimum Gasteiger partial charge on any atom is -0.483 e. The van der Waals surface area contributed by atoms with E-state index in [0.29, 0.717) is 19.0 Å². The molecule has 2 rings (SSSR count). The predicted octanol–water partition coefficient (Wildman–Crippen LogP) is 3.21. The van der Waals surface area contributed by atoms with Crippen molar-refractivity contribution in [3.63, 3.8) is 0 Å². The molecule has 0 radical (unpaired) electrons. The van der Waals surface area contributed by atoms with Crippen molar-refractivity contribution in [1.29, 1.82) is 0 Å². The molecule has 0 saturated carbocycles. The van der Waals surface area contributed by atoms with Crippen molar-refractivity contribution in [2.45, 2.75) is 46.6 Å². The van der Waals surface area contributed by atoms with Crippen LogP contribution in [-0.2, 0) is 11.3 Å². The van der Waals surface area contributed by atoms with Gasteiger partial charge in [0.2, 0.25) is 0 Å². The SMILES string of the molecule is CCC(C)c1ccccc1OCC(=O)NCCn1cnc(C)c1C. The summed E-state index contributed by atoms with van der Waals surface area (Å²) in [5.41, 5.74) is 3.30. The number of para-hydroxylation sites is 1. The molecule has 1 amide bonds. The Balaban J connectivity index is 1.80.